The molecule has 0 radical (unpaired) electrons. The minimum Gasteiger partial charge on any atom is -0.354 e. The van der Waals surface area contributed by atoms with Gasteiger partial charge in [-0.2, -0.15) is 0 Å². The molecule has 0 heterocycles. The molecule has 0 aliphatic heterocycles. The molecule has 9 heteroatoms. The molecule has 39 heavy (non-hydrogen) atoms. The van der Waals surface area contributed by atoms with Crippen LogP contribution in [0.2, 0.25) is 0 Å². The Morgan fingerprint density at radius 2 is 1.51 bits per heavy atom. The maximum atomic E-state index is 13.8. The van der Waals surface area contributed by atoms with E-state index in [4.69, 9.17) is 0 Å². The summed E-state index contributed by atoms with van der Waals surface area (Å²) in [6.07, 6.45) is 2.73. The highest BCUT2D eigenvalue weighted by Crippen LogP contribution is 2.20. The van der Waals surface area contributed by atoms with E-state index in [1.54, 1.807) is 29.2 Å². The topological polar surface area (TPSA) is 86.8 Å². The van der Waals surface area contributed by atoms with Crippen LogP contribution in [0.25, 0.3) is 0 Å². The highest BCUT2D eigenvalue weighted by molar-refractivity contribution is 9.10. The highest BCUT2D eigenvalue weighted by atomic mass is 79.9. The largest absolute Gasteiger partial charge is 0.354 e. The second kappa shape index (κ2) is 14.8. The van der Waals surface area contributed by atoms with Crippen molar-refractivity contribution in [3.8, 4) is 0 Å². The number of benzene rings is 3. The third kappa shape index (κ3) is 9.51. The third-order valence-electron chi connectivity index (χ3n) is 6.28. The molecule has 3 rings (SSSR count). The second-order valence-electron chi connectivity index (χ2n) is 9.42. The van der Waals surface area contributed by atoms with E-state index in [1.165, 1.54) is 4.31 Å². The van der Waals surface area contributed by atoms with Crippen LogP contribution in [0.1, 0.15) is 37.3 Å². The van der Waals surface area contributed by atoms with Crippen molar-refractivity contribution in [2.24, 2.45) is 0 Å². The summed E-state index contributed by atoms with van der Waals surface area (Å²) in [7, 11) is -3.53. The minimum atomic E-state index is -3.53. The van der Waals surface area contributed by atoms with Crippen molar-refractivity contribution in [3.05, 3.63) is 101 Å². The van der Waals surface area contributed by atoms with Gasteiger partial charge in [-0.3, -0.25) is 13.9 Å². The molecule has 0 aromatic heterocycles. The third-order valence-corrected chi connectivity index (χ3v) is 8.01. The van der Waals surface area contributed by atoms with Gasteiger partial charge in [0.15, 0.2) is 0 Å². The molecule has 3 aromatic carbocycles. The van der Waals surface area contributed by atoms with Crippen LogP contribution in [0.3, 0.4) is 0 Å². The molecule has 208 valence electrons. The summed E-state index contributed by atoms with van der Waals surface area (Å²) in [6.45, 7) is 2.92. The SMILES string of the molecule is CCCNC(=O)[C@@H](Cc1ccccc1)N(Cc1ccc(Br)cc1)C(=O)CCCN(c1ccccc1)S(C)(=O)=O. The van der Waals surface area contributed by atoms with Crippen LogP contribution in [-0.4, -0.2) is 50.5 Å². The van der Waals surface area contributed by atoms with Gasteiger partial charge < -0.3 is 10.2 Å². The standard InChI is InChI=1S/C30H36BrN3O4S/c1-3-20-32-30(36)28(22-24-11-6-4-7-12-24)33(23-25-16-18-26(31)19-17-25)29(35)15-10-21-34(39(2,37)38)27-13-8-5-9-14-27/h4-9,11-14,16-19,28H,3,10,15,20-23H2,1-2H3,(H,32,36)/t28-/m1/s1. The molecule has 0 bridgehead atoms. The van der Waals surface area contributed by atoms with Crippen molar-refractivity contribution in [3.63, 3.8) is 0 Å². The van der Waals surface area contributed by atoms with Gasteiger partial charge in [0.05, 0.1) is 11.9 Å². The first kappa shape index (κ1) is 30.4. The zero-order valence-corrected chi connectivity index (χ0v) is 24.8. The normalized spacial score (nSPS) is 12.0. The zero-order valence-electron chi connectivity index (χ0n) is 22.4. The fourth-order valence-corrected chi connectivity index (χ4v) is 5.53. The van der Waals surface area contributed by atoms with Crippen LogP contribution in [0.15, 0.2) is 89.4 Å². The molecule has 0 saturated carbocycles. The van der Waals surface area contributed by atoms with Crippen molar-refractivity contribution >= 4 is 43.5 Å². The number of amides is 2. The van der Waals surface area contributed by atoms with E-state index in [1.807, 2.05) is 67.6 Å². The van der Waals surface area contributed by atoms with Gasteiger partial charge in [0.2, 0.25) is 21.8 Å². The summed E-state index contributed by atoms with van der Waals surface area (Å²) in [4.78, 5) is 28.8. The molecular formula is C30H36BrN3O4S. The molecule has 3 aromatic rings. The Balaban J connectivity index is 1.85. The van der Waals surface area contributed by atoms with Crippen LogP contribution in [0.5, 0.6) is 0 Å². The number of hydrogen-bond acceptors (Lipinski definition) is 4. The van der Waals surface area contributed by atoms with E-state index < -0.39 is 16.1 Å². The lowest BCUT2D eigenvalue weighted by atomic mass is 10.0. The zero-order chi connectivity index (χ0) is 28.3. The van der Waals surface area contributed by atoms with Crippen molar-refractivity contribution in [1.29, 1.82) is 0 Å². The van der Waals surface area contributed by atoms with E-state index in [-0.39, 0.29) is 31.3 Å². The fraction of sp³-hybridized carbons (Fsp3) is 0.333. The maximum Gasteiger partial charge on any atom is 0.243 e. The number of hydrogen-bond donors (Lipinski definition) is 1. The van der Waals surface area contributed by atoms with Gasteiger partial charge in [0, 0.05) is 36.9 Å². The molecule has 1 atom stereocenters. The molecule has 1 N–H and O–H groups in total. The number of para-hydroxylation sites is 1. The minimum absolute atomic E-state index is 0.0989. The van der Waals surface area contributed by atoms with Gasteiger partial charge in [-0.05, 0) is 48.2 Å². The van der Waals surface area contributed by atoms with E-state index in [9.17, 15) is 18.0 Å². The molecule has 0 unspecified atom stereocenters. The number of nitrogens with zero attached hydrogens (tertiary/aromatic N) is 2. The molecule has 2 amide bonds. The number of anilines is 1. The molecule has 7 nitrogen and oxygen atoms in total. The van der Waals surface area contributed by atoms with Crippen molar-refractivity contribution in [2.45, 2.75) is 45.2 Å². The Morgan fingerprint density at radius 1 is 0.897 bits per heavy atom. The average Bonchev–Trinajstić information content (AvgIpc) is 2.93. The molecule has 0 spiro atoms. The van der Waals surface area contributed by atoms with Crippen LogP contribution in [-0.2, 0) is 32.6 Å². The number of halogens is 1. The number of sulfonamides is 1. The highest BCUT2D eigenvalue weighted by Gasteiger charge is 2.30. The van der Waals surface area contributed by atoms with Crippen molar-refractivity contribution < 1.29 is 18.0 Å². The van der Waals surface area contributed by atoms with Gasteiger partial charge in [-0.15, -0.1) is 0 Å². The van der Waals surface area contributed by atoms with Crippen LogP contribution in [0.4, 0.5) is 5.69 Å². The quantitative estimate of drug-likeness (QED) is 0.272. The summed E-state index contributed by atoms with van der Waals surface area (Å²) in [5.74, 6) is -0.403. The summed E-state index contributed by atoms with van der Waals surface area (Å²) in [5.41, 5.74) is 2.41. The Labute approximate surface area is 240 Å². The number of rotatable bonds is 14. The van der Waals surface area contributed by atoms with E-state index in [0.717, 1.165) is 28.3 Å². The fourth-order valence-electron chi connectivity index (χ4n) is 4.30. The Bertz CT molecular complexity index is 1300. The first-order chi connectivity index (χ1) is 18.7. The van der Waals surface area contributed by atoms with Gasteiger partial charge >= 0.3 is 0 Å². The average molecular weight is 615 g/mol. The first-order valence-corrected chi connectivity index (χ1v) is 15.7. The first-order valence-electron chi connectivity index (χ1n) is 13.1. The van der Waals surface area contributed by atoms with E-state index >= 15 is 0 Å². The number of nitrogens with one attached hydrogen (secondary N) is 1. The van der Waals surface area contributed by atoms with E-state index in [0.29, 0.717) is 25.1 Å². The lowest BCUT2D eigenvalue weighted by Gasteiger charge is -2.32. The van der Waals surface area contributed by atoms with Crippen LogP contribution in [0, 0.1) is 0 Å². The molecule has 0 aliphatic carbocycles. The van der Waals surface area contributed by atoms with Gasteiger partial charge in [0.1, 0.15) is 6.04 Å². The lowest BCUT2D eigenvalue weighted by Crippen LogP contribution is -2.50. The molecule has 0 aliphatic rings. The van der Waals surface area contributed by atoms with Gasteiger partial charge in [-0.1, -0.05) is 83.5 Å². The molecule has 0 fully saturated rings. The smallest absolute Gasteiger partial charge is 0.243 e. The number of carbonyl (C=O) groups is 2. The predicted molar refractivity (Wildman–Crippen MR) is 160 cm³/mol. The Morgan fingerprint density at radius 3 is 2.10 bits per heavy atom. The van der Waals surface area contributed by atoms with Crippen molar-refractivity contribution in [2.75, 3.05) is 23.7 Å². The van der Waals surface area contributed by atoms with E-state index in [2.05, 4.69) is 21.2 Å². The Hall–Kier alpha value is -3.17. The van der Waals surface area contributed by atoms with Gasteiger partial charge in [-0.25, -0.2) is 8.42 Å². The maximum absolute atomic E-state index is 13.8. The lowest BCUT2D eigenvalue weighted by molar-refractivity contribution is -0.141. The Kier molecular flexibility index (Phi) is 11.6. The molecule has 0 saturated heterocycles. The summed E-state index contributed by atoms with van der Waals surface area (Å²) < 4.78 is 27.2. The number of carbonyl (C=O) groups excluding carboxylic acids is 2. The summed E-state index contributed by atoms with van der Waals surface area (Å²) in [5, 5.41) is 2.97. The van der Waals surface area contributed by atoms with Crippen molar-refractivity contribution in [1.82, 2.24) is 10.2 Å². The monoisotopic (exact) mass is 613 g/mol. The summed E-state index contributed by atoms with van der Waals surface area (Å²) >= 11 is 3.45. The second-order valence-corrected chi connectivity index (χ2v) is 12.2. The summed E-state index contributed by atoms with van der Waals surface area (Å²) in [6, 6.07) is 25.5. The predicted octanol–water partition coefficient (Wildman–Crippen LogP) is 5.16. The molecular weight excluding hydrogens is 578 g/mol. The van der Waals surface area contributed by atoms with Crippen LogP contribution >= 0.6 is 15.9 Å². The van der Waals surface area contributed by atoms with Gasteiger partial charge in [0.25, 0.3) is 0 Å². The van der Waals surface area contributed by atoms with Crippen LogP contribution < -0.4 is 9.62 Å².